The zero-order valence-electron chi connectivity index (χ0n) is 22.4. The molecule has 0 aliphatic carbocycles. The van der Waals surface area contributed by atoms with Crippen molar-refractivity contribution >= 4 is 23.5 Å². The number of piperidine rings is 3. The fraction of sp³-hybridized carbons (Fsp3) is 0.679. The third-order valence-corrected chi connectivity index (χ3v) is 7.68. The molecule has 2 N–H and O–H groups in total. The van der Waals surface area contributed by atoms with E-state index in [1.807, 2.05) is 32.9 Å². The minimum Gasteiger partial charge on any atom is -0.460 e. The fourth-order valence-electron chi connectivity index (χ4n) is 5.71. The highest BCUT2D eigenvalue weighted by molar-refractivity contribution is 6.01. The van der Waals surface area contributed by atoms with Gasteiger partial charge in [0, 0.05) is 24.7 Å². The second-order valence-electron chi connectivity index (χ2n) is 11.6. The maximum absolute atomic E-state index is 15.0. The molecule has 3 aliphatic heterocycles. The Morgan fingerprint density at radius 1 is 1.08 bits per heavy atom. The maximum atomic E-state index is 15.0. The van der Waals surface area contributed by atoms with Gasteiger partial charge in [-0.2, -0.15) is 0 Å². The molecule has 0 spiro atoms. The molecular weight excluding hydrogens is 475 g/mol. The molecule has 9 heteroatoms. The van der Waals surface area contributed by atoms with E-state index in [0.29, 0.717) is 24.6 Å². The number of amides is 2. The van der Waals surface area contributed by atoms with Gasteiger partial charge in [-0.05, 0) is 103 Å². The monoisotopic (exact) mass is 516 g/mol. The van der Waals surface area contributed by atoms with Crippen LogP contribution in [0.4, 0.5) is 10.1 Å². The van der Waals surface area contributed by atoms with Crippen molar-refractivity contribution in [2.75, 3.05) is 38.0 Å². The molecule has 2 amide bonds. The van der Waals surface area contributed by atoms with Gasteiger partial charge in [0.1, 0.15) is 17.5 Å². The van der Waals surface area contributed by atoms with E-state index in [2.05, 4.69) is 20.4 Å². The van der Waals surface area contributed by atoms with E-state index in [1.54, 1.807) is 0 Å². The van der Waals surface area contributed by atoms with Gasteiger partial charge in [-0.25, -0.2) is 4.39 Å². The van der Waals surface area contributed by atoms with Crippen molar-refractivity contribution in [1.29, 1.82) is 0 Å². The van der Waals surface area contributed by atoms with Gasteiger partial charge < -0.3 is 19.9 Å². The second kappa shape index (κ2) is 11.9. The van der Waals surface area contributed by atoms with Crippen molar-refractivity contribution in [3.63, 3.8) is 0 Å². The van der Waals surface area contributed by atoms with Crippen LogP contribution in [0.5, 0.6) is 0 Å². The average Bonchev–Trinajstić information content (AvgIpc) is 2.84. The largest absolute Gasteiger partial charge is 0.460 e. The molecule has 0 radical (unpaired) electrons. The number of esters is 1. The lowest BCUT2D eigenvalue weighted by Crippen LogP contribution is -2.48. The van der Waals surface area contributed by atoms with Gasteiger partial charge in [-0.1, -0.05) is 6.07 Å². The number of likely N-dealkylation sites (tertiary alicyclic amines) is 2. The summed E-state index contributed by atoms with van der Waals surface area (Å²) >= 11 is 0. The third kappa shape index (κ3) is 7.74. The van der Waals surface area contributed by atoms with Crippen LogP contribution in [-0.4, -0.2) is 78.0 Å². The normalized spacial score (nSPS) is 23.1. The van der Waals surface area contributed by atoms with Crippen molar-refractivity contribution in [1.82, 2.24) is 15.1 Å². The number of nitrogens with zero attached hydrogens (tertiary/aromatic N) is 2. The number of halogens is 1. The maximum Gasteiger partial charge on any atom is 0.307 e. The Balaban J connectivity index is 1.20. The molecule has 8 nitrogen and oxygen atoms in total. The second-order valence-corrected chi connectivity index (χ2v) is 11.6. The van der Waals surface area contributed by atoms with Crippen molar-refractivity contribution in [3.05, 3.63) is 29.6 Å². The predicted octanol–water partition coefficient (Wildman–Crippen LogP) is 3.42. The van der Waals surface area contributed by atoms with Crippen LogP contribution < -0.4 is 10.6 Å². The highest BCUT2D eigenvalue weighted by Gasteiger charge is 2.31. The number of nitrogens with one attached hydrogen (secondary N) is 2. The summed E-state index contributed by atoms with van der Waals surface area (Å²) in [4.78, 5) is 40.2. The van der Waals surface area contributed by atoms with Gasteiger partial charge in [-0.3, -0.25) is 19.7 Å². The number of imide groups is 1. The molecule has 3 fully saturated rings. The van der Waals surface area contributed by atoms with E-state index in [9.17, 15) is 14.4 Å². The molecule has 1 atom stereocenters. The highest BCUT2D eigenvalue weighted by Crippen LogP contribution is 2.33. The number of benzene rings is 1. The van der Waals surface area contributed by atoms with Crippen molar-refractivity contribution in [2.24, 2.45) is 0 Å². The summed E-state index contributed by atoms with van der Waals surface area (Å²) in [6.07, 6.45) is 5.16. The summed E-state index contributed by atoms with van der Waals surface area (Å²) in [6.45, 7) is 10.3. The summed E-state index contributed by atoms with van der Waals surface area (Å²) < 4.78 is 20.4. The summed E-state index contributed by atoms with van der Waals surface area (Å²) in [5.41, 5.74) is 0.866. The van der Waals surface area contributed by atoms with Crippen LogP contribution in [0.15, 0.2) is 18.2 Å². The van der Waals surface area contributed by atoms with Gasteiger partial charge in [0.15, 0.2) is 0 Å². The molecule has 37 heavy (non-hydrogen) atoms. The lowest BCUT2D eigenvalue weighted by molar-refractivity contribution is -0.155. The molecule has 0 aromatic heterocycles. The molecule has 0 bridgehead atoms. The Bertz CT molecular complexity index is 979. The smallest absolute Gasteiger partial charge is 0.307 e. The first-order valence-corrected chi connectivity index (χ1v) is 13.7. The third-order valence-electron chi connectivity index (χ3n) is 7.68. The zero-order chi connectivity index (χ0) is 26.6. The predicted molar refractivity (Wildman–Crippen MR) is 140 cm³/mol. The average molecular weight is 517 g/mol. The molecule has 1 unspecified atom stereocenters. The van der Waals surface area contributed by atoms with Crippen molar-refractivity contribution in [2.45, 2.75) is 89.3 Å². The quantitative estimate of drug-likeness (QED) is 0.424. The number of rotatable bonds is 7. The lowest BCUT2D eigenvalue weighted by atomic mass is 9.87. The van der Waals surface area contributed by atoms with Gasteiger partial charge >= 0.3 is 5.97 Å². The molecular formula is C28H41FN4O4. The molecule has 204 valence electrons. The number of carbonyl (C=O) groups is 3. The first-order valence-electron chi connectivity index (χ1n) is 13.7. The van der Waals surface area contributed by atoms with Crippen LogP contribution in [0.1, 0.15) is 77.2 Å². The van der Waals surface area contributed by atoms with Crippen LogP contribution in [-0.2, 0) is 19.1 Å². The molecule has 3 saturated heterocycles. The number of carbonyl (C=O) groups excluding carboxylic acids is 3. The molecule has 0 saturated carbocycles. The van der Waals surface area contributed by atoms with Crippen molar-refractivity contribution < 1.29 is 23.5 Å². The van der Waals surface area contributed by atoms with E-state index >= 15 is 4.39 Å². The number of hydrogen-bond acceptors (Lipinski definition) is 7. The molecule has 4 rings (SSSR count). The van der Waals surface area contributed by atoms with Gasteiger partial charge in [-0.15, -0.1) is 0 Å². The number of ether oxygens (including phenoxy) is 1. The Morgan fingerprint density at radius 3 is 2.41 bits per heavy atom. The van der Waals surface area contributed by atoms with E-state index in [1.165, 1.54) is 6.07 Å². The van der Waals surface area contributed by atoms with E-state index in [0.717, 1.165) is 64.0 Å². The minimum absolute atomic E-state index is 0.135. The Kier molecular flexibility index (Phi) is 8.85. The Morgan fingerprint density at radius 2 is 1.78 bits per heavy atom. The van der Waals surface area contributed by atoms with E-state index in [-0.39, 0.29) is 35.9 Å². The zero-order valence-corrected chi connectivity index (χ0v) is 22.4. The van der Waals surface area contributed by atoms with E-state index < -0.39 is 11.6 Å². The standard InChI is InChI=1S/C28H41FN4O4/c1-28(2,3)37-26(35)12-15-32-13-10-21(11-14-32)33-16-8-19(9-17-33)22-5-4-20(18-23(22)29)30-24-6-7-25(34)31-27(24)36/h4-5,18-19,21,24,30H,6-17H2,1-3H3,(H,31,34,36). The summed E-state index contributed by atoms with van der Waals surface area (Å²) in [6, 6.07) is 5.17. The summed E-state index contributed by atoms with van der Waals surface area (Å²) in [5.74, 6) is -0.811. The SMILES string of the molecule is CC(C)(C)OC(=O)CCN1CCC(N2CCC(c3ccc(NC4CCC(=O)NC4=O)cc3F)CC2)CC1. The van der Waals surface area contributed by atoms with Crippen LogP contribution in [0.2, 0.25) is 0 Å². The fourth-order valence-corrected chi connectivity index (χ4v) is 5.71. The lowest BCUT2D eigenvalue weighted by Gasteiger charge is -2.42. The first-order chi connectivity index (χ1) is 17.6. The molecule has 3 aliphatic rings. The minimum atomic E-state index is -0.519. The number of anilines is 1. The van der Waals surface area contributed by atoms with E-state index in [4.69, 9.17) is 4.74 Å². The topological polar surface area (TPSA) is 91.0 Å². The molecule has 1 aromatic carbocycles. The molecule has 1 aromatic rings. The highest BCUT2D eigenvalue weighted by atomic mass is 19.1. The van der Waals surface area contributed by atoms with Gasteiger partial charge in [0.25, 0.3) is 0 Å². The van der Waals surface area contributed by atoms with Crippen LogP contribution in [0.25, 0.3) is 0 Å². The number of hydrogen-bond donors (Lipinski definition) is 2. The van der Waals surface area contributed by atoms with Gasteiger partial charge in [0.05, 0.1) is 6.42 Å². The molecule has 3 heterocycles. The van der Waals surface area contributed by atoms with Gasteiger partial charge in [0.2, 0.25) is 11.8 Å². The first kappa shape index (κ1) is 27.5. The van der Waals surface area contributed by atoms with Crippen LogP contribution in [0.3, 0.4) is 0 Å². The van der Waals surface area contributed by atoms with Crippen molar-refractivity contribution in [3.8, 4) is 0 Å². The Labute approximate surface area is 219 Å². The van der Waals surface area contributed by atoms with Crippen LogP contribution >= 0.6 is 0 Å². The Hall–Kier alpha value is -2.52. The van der Waals surface area contributed by atoms with Crippen LogP contribution in [0, 0.1) is 5.82 Å². The summed E-state index contributed by atoms with van der Waals surface area (Å²) in [7, 11) is 0. The summed E-state index contributed by atoms with van der Waals surface area (Å²) in [5, 5.41) is 5.38.